The van der Waals surface area contributed by atoms with Crippen molar-refractivity contribution >= 4 is 41.4 Å². The topological polar surface area (TPSA) is 244 Å². The minimum absolute atomic E-state index is 0.0463. The van der Waals surface area contributed by atoms with Crippen molar-refractivity contribution in [3.05, 3.63) is 18.2 Å². The number of carboxylic acid groups (broad SMARTS) is 1. The summed E-state index contributed by atoms with van der Waals surface area (Å²) < 4.78 is 0. The van der Waals surface area contributed by atoms with Crippen LogP contribution in [-0.4, -0.2) is 87.9 Å². The Morgan fingerprint density at radius 3 is 2.44 bits per heavy atom. The molecule has 34 heavy (non-hydrogen) atoms. The zero-order valence-electron chi connectivity index (χ0n) is 19.0. The van der Waals surface area contributed by atoms with Crippen molar-refractivity contribution in [1.82, 2.24) is 25.9 Å². The first-order chi connectivity index (χ1) is 16.1. The predicted octanol–water partition coefficient (Wildman–Crippen LogP) is -2.74. The van der Waals surface area contributed by atoms with E-state index in [1.807, 2.05) is 6.26 Å². The van der Waals surface area contributed by atoms with E-state index in [0.717, 1.165) is 0 Å². The first-order valence-electron chi connectivity index (χ1n) is 10.5. The second-order valence-electron chi connectivity index (χ2n) is 7.35. The lowest BCUT2D eigenvalue weighted by Crippen LogP contribution is -2.56. The molecule has 0 radical (unpaired) electrons. The molecule has 1 rings (SSSR count). The maximum absolute atomic E-state index is 13.0. The second kappa shape index (κ2) is 15.5. The van der Waals surface area contributed by atoms with Crippen LogP contribution in [-0.2, 0) is 25.6 Å². The molecular weight excluding hydrogens is 466 g/mol. The van der Waals surface area contributed by atoms with Crippen LogP contribution in [0.15, 0.2) is 17.5 Å². The van der Waals surface area contributed by atoms with Gasteiger partial charge in [-0.1, -0.05) is 0 Å². The van der Waals surface area contributed by atoms with E-state index in [1.54, 1.807) is 0 Å². The highest BCUT2D eigenvalue weighted by Gasteiger charge is 2.28. The number of aromatic amines is 1. The molecule has 0 fully saturated rings. The van der Waals surface area contributed by atoms with Gasteiger partial charge in [0.1, 0.15) is 18.6 Å². The zero-order chi connectivity index (χ0) is 25.5. The van der Waals surface area contributed by atoms with Gasteiger partial charge in [0, 0.05) is 24.9 Å². The summed E-state index contributed by atoms with van der Waals surface area (Å²) in [6, 6.07) is -2.91. The fourth-order valence-corrected chi connectivity index (χ4v) is 3.29. The normalized spacial score (nSPS) is 13.2. The van der Waals surface area contributed by atoms with Crippen LogP contribution in [0.4, 0.5) is 0 Å². The Hall–Kier alpha value is -3.33. The van der Waals surface area contributed by atoms with Crippen molar-refractivity contribution in [3.8, 4) is 0 Å². The van der Waals surface area contributed by atoms with E-state index >= 15 is 0 Å². The van der Waals surface area contributed by atoms with Gasteiger partial charge in [-0.05, 0) is 31.3 Å². The molecule has 14 nitrogen and oxygen atoms in total. The number of nitrogens with zero attached hydrogens (tertiary/aromatic N) is 2. The molecule has 190 valence electrons. The molecule has 1 aromatic heterocycles. The summed E-state index contributed by atoms with van der Waals surface area (Å²) in [6.45, 7) is -0.282. The predicted molar refractivity (Wildman–Crippen MR) is 128 cm³/mol. The van der Waals surface area contributed by atoms with Crippen LogP contribution in [0, 0.1) is 0 Å². The van der Waals surface area contributed by atoms with E-state index in [-0.39, 0.29) is 12.4 Å². The van der Waals surface area contributed by atoms with Crippen LogP contribution in [0.1, 0.15) is 25.0 Å². The average Bonchev–Trinajstić information content (AvgIpc) is 3.29. The molecule has 0 saturated heterocycles. The lowest BCUT2D eigenvalue weighted by atomic mass is 10.1. The molecule has 0 bridgehead atoms. The summed E-state index contributed by atoms with van der Waals surface area (Å²) in [5.41, 5.74) is 17.0. The SMILES string of the molecule is CSCCC(NC(=O)C(N)CCCN=C(N)N)C(=O)NC(Cc1cnc[nH]1)C(=O)NCC(=O)O. The number of carbonyl (C=O) groups excluding carboxylic acids is 3. The molecule has 1 heterocycles. The number of nitrogens with one attached hydrogen (secondary N) is 4. The van der Waals surface area contributed by atoms with Gasteiger partial charge < -0.3 is 43.2 Å². The van der Waals surface area contributed by atoms with Crippen LogP contribution in [0.2, 0.25) is 0 Å². The molecule has 3 atom stereocenters. The Morgan fingerprint density at radius 2 is 1.85 bits per heavy atom. The highest BCUT2D eigenvalue weighted by Crippen LogP contribution is 2.05. The number of nitrogens with two attached hydrogens (primary N) is 3. The minimum Gasteiger partial charge on any atom is -0.480 e. The van der Waals surface area contributed by atoms with Gasteiger partial charge in [-0.3, -0.25) is 24.2 Å². The Morgan fingerprint density at radius 1 is 1.15 bits per heavy atom. The van der Waals surface area contributed by atoms with Gasteiger partial charge in [-0.15, -0.1) is 0 Å². The molecule has 0 aliphatic rings. The Kier molecular flexibility index (Phi) is 13.1. The fourth-order valence-electron chi connectivity index (χ4n) is 2.82. The Labute approximate surface area is 201 Å². The Bertz CT molecular complexity index is 830. The van der Waals surface area contributed by atoms with Crippen molar-refractivity contribution in [2.45, 2.75) is 43.8 Å². The molecule has 11 N–H and O–H groups in total. The van der Waals surface area contributed by atoms with Gasteiger partial charge in [-0.25, -0.2) is 4.98 Å². The van der Waals surface area contributed by atoms with E-state index in [9.17, 15) is 19.2 Å². The van der Waals surface area contributed by atoms with Crippen molar-refractivity contribution in [2.75, 3.05) is 25.1 Å². The van der Waals surface area contributed by atoms with E-state index in [1.165, 1.54) is 24.3 Å². The molecule has 3 unspecified atom stereocenters. The van der Waals surface area contributed by atoms with Crippen molar-refractivity contribution in [2.24, 2.45) is 22.2 Å². The smallest absolute Gasteiger partial charge is 0.322 e. The number of carbonyl (C=O) groups is 4. The number of aromatic nitrogens is 2. The van der Waals surface area contributed by atoms with Gasteiger partial charge >= 0.3 is 5.97 Å². The quantitative estimate of drug-likeness (QED) is 0.0662. The highest BCUT2D eigenvalue weighted by atomic mass is 32.2. The average molecular weight is 500 g/mol. The molecule has 0 saturated carbocycles. The third kappa shape index (κ3) is 11.5. The number of H-pyrrole nitrogens is 1. The molecule has 0 aliphatic carbocycles. The number of amides is 3. The summed E-state index contributed by atoms with van der Waals surface area (Å²) in [5, 5.41) is 16.3. The lowest BCUT2D eigenvalue weighted by molar-refractivity contribution is -0.138. The van der Waals surface area contributed by atoms with Crippen molar-refractivity contribution in [1.29, 1.82) is 0 Å². The largest absolute Gasteiger partial charge is 0.480 e. The van der Waals surface area contributed by atoms with Crippen LogP contribution < -0.4 is 33.2 Å². The maximum Gasteiger partial charge on any atom is 0.322 e. The molecule has 3 amide bonds. The van der Waals surface area contributed by atoms with Crippen molar-refractivity contribution < 1.29 is 24.3 Å². The summed E-state index contributed by atoms with van der Waals surface area (Å²) in [6.07, 6.45) is 5.88. The number of thioether (sulfide) groups is 1. The third-order valence-corrected chi connectivity index (χ3v) is 5.22. The van der Waals surface area contributed by atoms with Gasteiger partial charge in [0.15, 0.2) is 5.96 Å². The minimum atomic E-state index is -1.22. The molecule has 0 spiro atoms. The number of hydrogen-bond donors (Lipinski definition) is 8. The number of carboxylic acids is 1. The summed E-state index contributed by atoms with van der Waals surface area (Å²) in [5.74, 6) is -2.51. The monoisotopic (exact) mass is 499 g/mol. The fraction of sp³-hybridized carbons (Fsp3) is 0.579. The summed E-state index contributed by atoms with van der Waals surface area (Å²) >= 11 is 1.48. The van der Waals surface area contributed by atoms with Crippen LogP contribution >= 0.6 is 11.8 Å². The number of aliphatic carboxylic acids is 1. The number of aliphatic imine (C=N–C) groups is 1. The molecule has 15 heteroatoms. The van der Waals surface area contributed by atoms with E-state index in [0.29, 0.717) is 37.3 Å². The Balaban J connectivity index is 2.82. The maximum atomic E-state index is 13.0. The van der Waals surface area contributed by atoms with Crippen molar-refractivity contribution in [3.63, 3.8) is 0 Å². The lowest BCUT2D eigenvalue weighted by Gasteiger charge is -2.24. The van der Waals surface area contributed by atoms with Crippen LogP contribution in [0.25, 0.3) is 0 Å². The van der Waals surface area contributed by atoms with E-state index in [4.69, 9.17) is 22.3 Å². The number of rotatable bonds is 16. The van der Waals surface area contributed by atoms with Crippen LogP contribution in [0.3, 0.4) is 0 Å². The highest BCUT2D eigenvalue weighted by molar-refractivity contribution is 7.98. The molecular formula is C19H33N9O5S. The van der Waals surface area contributed by atoms with Gasteiger partial charge in [0.2, 0.25) is 17.7 Å². The molecule has 0 aromatic carbocycles. The first-order valence-corrected chi connectivity index (χ1v) is 11.9. The number of guanidine groups is 1. The summed E-state index contributed by atoms with van der Waals surface area (Å²) in [4.78, 5) is 59.4. The zero-order valence-corrected chi connectivity index (χ0v) is 19.8. The summed E-state index contributed by atoms with van der Waals surface area (Å²) in [7, 11) is 0. The van der Waals surface area contributed by atoms with E-state index in [2.05, 4.69) is 30.9 Å². The third-order valence-electron chi connectivity index (χ3n) is 4.57. The standard InChI is InChI=1S/C19H33N9O5S/c1-34-6-4-13(27-16(31)12(20)3-2-5-24-19(21)22)18(33)28-14(7-11-8-23-10-26-11)17(32)25-9-15(29)30/h8,10,12-14H,2-7,9,20H2,1H3,(H,23,26)(H,25,32)(H,27,31)(H,28,33)(H,29,30)(H4,21,22,24). The van der Waals surface area contributed by atoms with Gasteiger partial charge in [-0.2, -0.15) is 11.8 Å². The number of imidazole rings is 1. The van der Waals surface area contributed by atoms with Gasteiger partial charge in [0.05, 0.1) is 12.4 Å². The first kappa shape index (κ1) is 28.7. The van der Waals surface area contributed by atoms with E-state index < -0.39 is 48.4 Å². The number of hydrogen-bond acceptors (Lipinski definition) is 8. The van der Waals surface area contributed by atoms with Crippen LogP contribution in [0.5, 0.6) is 0 Å². The molecule has 0 aliphatic heterocycles. The second-order valence-corrected chi connectivity index (χ2v) is 8.34. The van der Waals surface area contributed by atoms with Gasteiger partial charge in [0.25, 0.3) is 0 Å². The molecule has 1 aromatic rings.